The first-order valence-corrected chi connectivity index (χ1v) is 45.3. The summed E-state index contributed by atoms with van der Waals surface area (Å²) < 4.78 is 0. The predicted octanol–water partition coefficient (Wildman–Crippen LogP) is 22.4. The Kier molecular flexibility index (Phi) is 44.3. The smallest absolute Gasteiger partial charge is 0.309 e. The first-order valence-electron chi connectivity index (χ1n) is 29.6. The van der Waals surface area contributed by atoms with Crippen molar-refractivity contribution in [3.05, 3.63) is 9.58 Å². The van der Waals surface area contributed by atoms with Crippen LogP contribution in [0.5, 0.6) is 0 Å². The van der Waals surface area contributed by atoms with E-state index < -0.39 is 48.4 Å². The minimum Gasteiger partial charge on any atom is -0.309 e. The number of hydrogen-bond acceptors (Lipinski definition) is 0. The van der Waals surface area contributed by atoms with Crippen LogP contribution in [0.2, 0.25) is 109 Å². The maximum atomic E-state index is 2.54. The van der Waals surface area contributed by atoms with Gasteiger partial charge in [0, 0.05) is 0 Å². The molecule has 0 nitrogen and oxygen atoms in total. The molecule has 0 amide bonds. The van der Waals surface area contributed by atoms with Crippen LogP contribution in [0.15, 0.2) is 0 Å². The van der Waals surface area contributed by atoms with Crippen molar-refractivity contribution in [2.75, 3.05) is 0 Å². The minimum absolute atomic E-state index is 0. The van der Waals surface area contributed by atoms with Gasteiger partial charge < -0.3 is 9.58 Å². The molecule has 0 aliphatic heterocycles. The van der Waals surface area contributed by atoms with Crippen LogP contribution in [0.3, 0.4) is 0 Å². The van der Waals surface area contributed by atoms with Crippen molar-refractivity contribution in [3.63, 3.8) is 0 Å². The van der Waals surface area contributed by atoms with Gasteiger partial charge in [-0.1, -0.05) is 397 Å². The van der Waals surface area contributed by atoms with Crippen LogP contribution in [0.1, 0.15) is 240 Å². The van der Waals surface area contributed by atoms with Gasteiger partial charge in [-0.3, -0.25) is 0 Å². The van der Waals surface area contributed by atoms with Crippen molar-refractivity contribution in [2.24, 2.45) is 0 Å². The molecule has 0 aromatic heterocycles. The van der Waals surface area contributed by atoms with Gasteiger partial charge in [0.1, 0.15) is 0 Å². The summed E-state index contributed by atoms with van der Waals surface area (Å²) >= 11 is 0. The summed E-state index contributed by atoms with van der Waals surface area (Å²) in [5, 5.41) is 0. The molecule has 0 radical (unpaired) electrons. The van der Waals surface area contributed by atoms with E-state index in [0.717, 1.165) is 0 Å². The zero-order chi connectivity index (χ0) is 47.6. The summed E-state index contributed by atoms with van der Waals surface area (Å²) in [5.74, 6) is 0. The average Bonchev–Trinajstić information content (AvgIpc) is 3.20. The summed E-state index contributed by atoms with van der Waals surface area (Å²) in [4.78, 5) is 5.07. The second-order valence-corrected chi connectivity index (χ2v) is 52.3. The number of rotatable bonds is 42. The fourth-order valence-electron chi connectivity index (χ4n) is 16.5. The molecule has 0 atom stereocenters. The first-order chi connectivity index (χ1) is 29.8. The number of hydrogen-bond donors (Lipinski definition) is 0. The third-order valence-electron chi connectivity index (χ3n) is 16.3. The van der Waals surface area contributed by atoms with Crippen molar-refractivity contribution in [1.82, 2.24) is 0 Å². The largest absolute Gasteiger partial charge is 3.00 e. The van der Waals surface area contributed by atoms with Crippen LogP contribution in [0, 0.1) is 9.58 Å². The zero-order valence-electron chi connectivity index (χ0n) is 48.0. The molecule has 0 unspecified atom stereocenters. The zero-order valence-corrected chi connectivity index (χ0v) is 56.9. The third kappa shape index (κ3) is 20.6. The fraction of sp³-hybridized carbons (Fsp3) is 0.964. The van der Waals surface area contributed by atoms with E-state index in [0.29, 0.717) is 0 Å². The molecule has 0 aliphatic rings. The van der Waals surface area contributed by atoms with Crippen molar-refractivity contribution < 1.29 is 32.7 Å². The molecule has 0 N–H and O–H groups in total. The van der Waals surface area contributed by atoms with E-state index in [-0.39, 0.29) is 32.7 Å². The van der Waals surface area contributed by atoms with Crippen LogP contribution >= 0.6 is 0 Å². The summed E-state index contributed by atoms with van der Waals surface area (Å²) in [6.07, 6.45) is 26.0. The Morgan fingerprint density at radius 1 is 0.159 bits per heavy atom. The van der Waals surface area contributed by atoms with E-state index in [1.54, 1.807) is 109 Å². The molecule has 0 fully saturated rings. The van der Waals surface area contributed by atoms with Gasteiger partial charge in [0.2, 0.25) is 0 Å². The Morgan fingerprint density at radius 3 is 0.270 bits per heavy atom. The van der Waals surface area contributed by atoms with E-state index in [4.69, 9.17) is 0 Å². The van der Waals surface area contributed by atoms with Crippen molar-refractivity contribution in [3.8, 4) is 0 Å². The average molecular weight is 1060 g/mol. The topological polar surface area (TPSA) is 0 Å². The third-order valence-corrected chi connectivity index (χ3v) is 68.0. The standard InChI is InChI=1S/2C28H63Si3.Y/c2*1-10-19-29(20-11-2,21-12-3)28(30(22-13-4,23-14-5)24-15-6)31(25-16-7,26-17-8)27-18-9;/h2*10-27H2,1-9H3;/q2*-1;+3. The van der Waals surface area contributed by atoms with Gasteiger partial charge in [0.15, 0.2) is 0 Å². The van der Waals surface area contributed by atoms with Crippen LogP contribution in [-0.4, -0.2) is 48.4 Å². The van der Waals surface area contributed by atoms with E-state index in [9.17, 15) is 0 Å². The Morgan fingerprint density at radius 2 is 0.222 bits per heavy atom. The fourth-order valence-corrected chi connectivity index (χ4v) is 83.2. The molecule has 0 bridgehead atoms. The van der Waals surface area contributed by atoms with E-state index >= 15 is 0 Å². The second-order valence-electron chi connectivity index (χ2n) is 21.9. The molecule has 0 rings (SSSR count). The molecule has 0 heterocycles. The van der Waals surface area contributed by atoms with Crippen molar-refractivity contribution in [1.29, 1.82) is 0 Å². The maximum absolute atomic E-state index is 2.54. The van der Waals surface area contributed by atoms with Gasteiger partial charge in [-0.05, 0) is 0 Å². The normalized spacial score (nSPS) is 13.1. The molecule has 0 aromatic rings. The Hall–Kier alpha value is 2.41. The van der Waals surface area contributed by atoms with Crippen LogP contribution < -0.4 is 0 Å². The molecule has 7 heteroatoms. The SMILES string of the molecule is CCC[Si](CCC)(CCC)[C-]([Si](CCC)(CCC)CCC)[Si](CCC)(CCC)CCC.CCC[Si](CCC)(CCC)[C-]([Si](CCC)(CCC)CCC)[Si](CCC)(CCC)CCC.[Y+3]. The van der Waals surface area contributed by atoms with E-state index in [1.165, 1.54) is 116 Å². The summed E-state index contributed by atoms with van der Waals surface area (Å²) in [6, 6.07) is 29.3. The monoisotopic (exact) mass is 1060 g/mol. The van der Waals surface area contributed by atoms with Crippen LogP contribution in [-0.2, 0) is 32.7 Å². The van der Waals surface area contributed by atoms with Gasteiger partial charge in [-0.25, -0.2) is 0 Å². The molecule has 0 saturated carbocycles. The van der Waals surface area contributed by atoms with Crippen LogP contribution in [0.25, 0.3) is 0 Å². The van der Waals surface area contributed by atoms with E-state index in [1.807, 2.05) is 0 Å². The molecule has 0 aliphatic carbocycles. The molecule has 376 valence electrons. The maximum Gasteiger partial charge on any atom is 3.00 e. The van der Waals surface area contributed by atoms with E-state index in [2.05, 4.69) is 134 Å². The van der Waals surface area contributed by atoms with Gasteiger partial charge >= 0.3 is 32.7 Å². The summed E-state index contributed by atoms with van der Waals surface area (Å²) in [7, 11) is -8.27. The minimum atomic E-state index is -1.38. The molecular formula is C56H126Si6Y+. The second kappa shape index (κ2) is 40.0. The molecular weight excluding hydrogens is 930 g/mol. The van der Waals surface area contributed by atoms with Crippen molar-refractivity contribution >= 4 is 48.4 Å². The van der Waals surface area contributed by atoms with Gasteiger partial charge in [-0.15, -0.1) is 0 Å². The predicted molar refractivity (Wildman–Crippen MR) is 313 cm³/mol. The Balaban J connectivity index is -0.00000112. The Bertz CT molecular complexity index is 701. The van der Waals surface area contributed by atoms with Crippen LogP contribution in [0.4, 0.5) is 0 Å². The summed E-state index contributed by atoms with van der Waals surface area (Å²) in [6.45, 7) is 45.4. The van der Waals surface area contributed by atoms with Crippen molar-refractivity contribution in [2.45, 2.75) is 349 Å². The van der Waals surface area contributed by atoms with Gasteiger partial charge in [0.05, 0.1) is 0 Å². The van der Waals surface area contributed by atoms with Gasteiger partial charge in [0.25, 0.3) is 0 Å². The first kappa shape index (κ1) is 69.7. The quantitative estimate of drug-likeness (QED) is 0.0422. The Labute approximate surface area is 435 Å². The molecule has 0 saturated heterocycles. The molecule has 0 spiro atoms. The molecule has 0 aromatic carbocycles. The summed E-state index contributed by atoms with van der Waals surface area (Å²) in [5.41, 5.74) is 0. The molecule has 63 heavy (non-hydrogen) atoms. The van der Waals surface area contributed by atoms with Gasteiger partial charge in [-0.2, -0.15) is 0 Å².